The summed E-state index contributed by atoms with van der Waals surface area (Å²) in [6.07, 6.45) is 5.77. The Bertz CT molecular complexity index is 1250. The van der Waals surface area contributed by atoms with E-state index in [0.717, 1.165) is 19.6 Å². The number of amides is 1. The van der Waals surface area contributed by atoms with Crippen molar-refractivity contribution in [2.24, 2.45) is 0 Å². The van der Waals surface area contributed by atoms with Crippen molar-refractivity contribution >= 4 is 23.1 Å². The quantitative estimate of drug-likeness (QED) is 0.341. The van der Waals surface area contributed by atoms with Gasteiger partial charge >= 0.3 is 0 Å². The van der Waals surface area contributed by atoms with Gasteiger partial charge in [0.2, 0.25) is 0 Å². The number of fused-ring (bicyclic) bond motifs is 1. The Morgan fingerprint density at radius 1 is 1.15 bits per heavy atom. The van der Waals surface area contributed by atoms with E-state index in [1.54, 1.807) is 40.9 Å². The van der Waals surface area contributed by atoms with Gasteiger partial charge in [0.25, 0.3) is 11.7 Å². The lowest BCUT2D eigenvalue weighted by atomic mass is 9.97. The Morgan fingerprint density at radius 2 is 1.97 bits per heavy atom. The summed E-state index contributed by atoms with van der Waals surface area (Å²) in [4.78, 5) is 39.0. The second-order valence-corrected chi connectivity index (χ2v) is 8.56. The van der Waals surface area contributed by atoms with Gasteiger partial charge in [0, 0.05) is 44.8 Å². The fourth-order valence-electron chi connectivity index (χ4n) is 4.81. The predicted molar refractivity (Wildman–Crippen MR) is 125 cm³/mol. The number of hydrogen-bond donors (Lipinski definition) is 1. The topological polar surface area (TPSA) is 100 Å². The van der Waals surface area contributed by atoms with Crippen molar-refractivity contribution in [3.05, 3.63) is 71.4 Å². The number of ether oxygens (including phenoxy) is 1. The molecule has 2 aliphatic rings. The molecule has 0 aromatic carbocycles. The molecule has 0 bridgehead atoms. The van der Waals surface area contributed by atoms with Crippen LogP contribution in [0.15, 0.2) is 54.5 Å². The Balaban J connectivity index is 1.53. The van der Waals surface area contributed by atoms with Crippen LogP contribution in [0.4, 0.5) is 0 Å². The van der Waals surface area contributed by atoms with Crippen LogP contribution in [0.2, 0.25) is 0 Å². The van der Waals surface area contributed by atoms with E-state index in [1.807, 2.05) is 24.3 Å². The maximum absolute atomic E-state index is 13.3. The van der Waals surface area contributed by atoms with E-state index < -0.39 is 17.7 Å². The summed E-state index contributed by atoms with van der Waals surface area (Å²) in [6, 6.07) is 8.39. The number of aryl methyl sites for hydroxylation is 1. The van der Waals surface area contributed by atoms with E-state index in [-0.39, 0.29) is 11.3 Å². The van der Waals surface area contributed by atoms with Gasteiger partial charge in [0.15, 0.2) is 5.76 Å². The number of likely N-dealkylation sites (tertiary alicyclic amines) is 1. The van der Waals surface area contributed by atoms with Crippen molar-refractivity contribution in [2.75, 3.05) is 39.4 Å². The van der Waals surface area contributed by atoms with E-state index >= 15 is 0 Å². The summed E-state index contributed by atoms with van der Waals surface area (Å²) >= 11 is 0. The smallest absolute Gasteiger partial charge is 0.295 e. The number of Topliss-reactive ketones (excluding diaryl/α,β-unsaturated/α-hetero) is 1. The molecule has 0 aliphatic carbocycles. The molecule has 1 amide bonds. The Labute approximate surface area is 197 Å². The average Bonchev–Trinajstić information content (AvgIpc) is 3.33. The van der Waals surface area contributed by atoms with Crippen molar-refractivity contribution in [2.45, 2.75) is 19.4 Å². The van der Waals surface area contributed by atoms with Gasteiger partial charge in [-0.05, 0) is 37.1 Å². The number of aliphatic hydroxyl groups is 1. The highest BCUT2D eigenvalue weighted by molar-refractivity contribution is 6.46. The average molecular weight is 462 g/mol. The standard InChI is InChI=1S/C25H27N5O4/c1-17-21(29-10-3-2-7-19(29)27-17)23(31)20-22(18-6-4-8-26-16-18)30(25(33)24(20)32)11-5-9-28-12-14-34-15-13-28/h2-4,6-8,10,16,22,31H,5,9,11-15H2,1H3/b23-20-. The molecule has 9 nitrogen and oxygen atoms in total. The number of aromatic nitrogens is 3. The largest absolute Gasteiger partial charge is 0.505 e. The van der Waals surface area contributed by atoms with Gasteiger partial charge < -0.3 is 14.7 Å². The fourth-order valence-corrected chi connectivity index (χ4v) is 4.81. The first-order valence-electron chi connectivity index (χ1n) is 11.5. The van der Waals surface area contributed by atoms with Crippen LogP contribution in [0.1, 0.15) is 29.4 Å². The number of carbonyl (C=O) groups is 2. The summed E-state index contributed by atoms with van der Waals surface area (Å²) in [5.41, 5.74) is 2.39. The predicted octanol–water partition coefficient (Wildman–Crippen LogP) is 2.18. The van der Waals surface area contributed by atoms with Crippen LogP contribution in [-0.4, -0.2) is 80.4 Å². The molecule has 5 rings (SSSR count). The van der Waals surface area contributed by atoms with Gasteiger partial charge in [-0.25, -0.2) is 4.98 Å². The molecule has 3 aromatic rings. The minimum absolute atomic E-state index is 0.0677. The van der Waals surface area contributed by atoms with Crippen molar-refractivity contribution in [1.29, 1.82) is 0 Å². The van der Waals surface area contributed by atoms with E-state index in [2.05, 4.69) is 14.9 Å². The van der Waals surface area contributed by atoms with Gasteiger partial charge in [-0.1, -0.05) is 12.1 Å². The van der Waals surface area contributed by atoms with Crippen molar-refractivity contribution in [3.63, 3.8) is 0 Å². The maximum Gasteiger partial charge on any atom is 0.295 e. The number of rotatable bonds is 6. The molecule has 0 saturated carbocycles. The van der Waals surface area contributed by atoms with E-state index in [9.17, 15) is 14.7 Å². The van der Waals surface area contributed by atoms with Gasteiger partial charge in [-0.2, -0.15) is 0 Å². The van der Waals surface area contributed by atoms with Gasteiger partial charge in [-0.15, -0.1) is 0 Å². The highest BCUT2D eigenvalue weighted by Gasteiger charge is 2.46. The first-order valence-corrected chi connectivity index (χ1v) is 11.5. The monoisotopic (exact) mass is 461 g/mol. The van der Waals surface area contributed by atoms with Gasteiger partial charge in [0.05, 0.1) is 30.5 Å². The molecular weight excluding hydrogens is 434 g/mol. The third-order valence-electron chi connectivity index (χ3n) is 6.45. The number of carbonyl (C=O) groups excluding carboxylic acids is 2. The number of aliphatic hydroxyl groups excluding tert-OH is 1. The maximum atomic E-state index is 13.3. The Hall–Kier alpha value is -3.56. The minimum Gasteiger partial charge on any atom is -0.505 e. The first-order chi connectivity index (χ1) is 16.6. The van der Waals surface area contributed by atoms with Crippen LogP contribution in [0.3, 0.4) is 0 Å². The molecule has 3 aromatic heterocycles. The molecular formula is C25H27N5O4. The number of hydrogen-bond acceptors (Lipinski definition) is 7. The molecule has 1 unspecified atom stereocenters. The number of nitrogens with zero attached hydrogens (tertiary/aromatic N) is 5. The molecule has 0 radical (unpaired) electrons. The van der Waals surface area contributed by atoms with Crippen LogP contribution >= 0.6 is 0 Å². The lowest BCUT2D eigenvalue weighted by Gasteiger charge is -2.29. The Kier molecular flexibility index (Phi) is 6.12. The minimum atomic E-state index is -0.716. The molecule has 34 heavy (non-hydrogen) atoms. The third kappa shape index (κ3) is 3.97. The van der Waals surface area contributed by atoms with Crippen LogP contribution < -0.4 is 0 Å². The van der Waals surface area contributed by atoms with Crippen molar-refractivity contribution in [3.8, 4) is 0 Å². The Morgan fingerprint density at radius 3 is 2.74 bits per heavy atom. The van der Waals surface area contributed by atoms with Crippen molar-refractivity contribution < 1.29 is 19.4 Å². The van der Waals surface area contributed by atoms with Gasteiger partial charge in [0.1, 0.15) is 11.3 Å². The second-order valence-electron chi connectivity index (χ2n) is 8.56. The lowest BCUT2D eigenvalue weighted by molar-refractivity contribution is -0.140. The molecule has 1 N–H and O–H groups in total. The van der Waals surface area contributed by atoms with Crippen LogP contribution in [0, 0.1) is 6.92 Å². The number of pyridine rings is 2. The molecule has 2 fully saturated rings. The molecule has 2 saturated heterocycles. The zero-order chi connectivity index (χ0) is 23.7. The SMILES string of the molecule is Cc1nc2ccccn2c1/C(O)=C1/C(=O)C(=O)N(CCCN2CCOCC2)C1c1cccnc1. The first kappa shape index (κ1) is 22.2. The second kappa shape index (κ2) is 9.36. The zero-order valence-electron chi connectivity index (χ0n) is 19.1. The molecule has 176 valence electrons. The normalized spacial score (nSPS) is 21.0. The molecule has 5 heterocycles. The van der Waals surface area contributed by atoms with Crippen molar-refractivity contribution in [1.82, 2.24) is 24.2 Å². The van der Waals surface area contributed by atoms with Crippen LogP contribution in [0.5, 0.6) is 0 Å². The molecule has 9 heteroatoms. The molecule has 2 aliphatic heterocycles. The van der Waals surface area contributed by atoms with E-state index in [1.165, 1.54) is 0 Å². The third-order valence-corrected chi connectivity index (χ3v) is 6.45. The van der Waals surface area contributed by atoms with Crippen LogP contribution in [0.25, 0.3) is 11.4 Å². The van der Waals surface area contributed by atoms with Gasteiger partial charge in [-0.3, -0.25) is 23.9 Å². The zero-order valence-corrected chi connectivity index (χ0v) is 19.1. The number of morpholine rings is 1. The summed E-state index contributed by atoms with van der Waals surface area (Å²) in [6.45, 7) is 6.11. The summed E-state index contributed by atoms with van der Waals surface area (Å²) < 4.78 is 7.14. The summed E-state index contributed by atoms with van der Waals surface area (Å²) in [7, 11) is 0. The highest BCUT2D eigenvalue weighted by atomic mass is 16.5. The highest BCUT2D eigenvalue weighted by Crippen LogP contribution is 2.39. The number of ketones is 1. The van der Waals surface area contributed by atoms with Crippen LogP contribution in [-0.2, 0) is 14.3 Å². The molecule has 1 atom stereocenters. The summed E-state index contributed by atoms with van der Waals surface area (Å²) in [5.74, 6) is -1.52. The molecule has 0 spiro atoms. The van der Waals surface area contributed by atoms with E-state index in [4.69, 9.17) is 4.74 Å². The summed E-state index contributed by atoms with van der Waals surface area (Å²) in [5, 5.41) is 11.4. The fraction of sp³-hybridized carbons (Fsp3) is 0.360. The lowest BCUT2D eigenvalue weighted by Crippen LogP contribution is -2.39. The van der Waals surface area contributed by atoms with E-state index in [0.29, 0.717) is 48.8 Å². The number of imidazole rings is 1.